The fourth-order valence-electron chi connectivity index (χ4n) is 4.86. The normalized spacial score (nSPS) is 19.3. The first-order chi connectivity index (χ1) is 14.8. The maximum Gasteiger partial charge on any atom is 0.165 e. The third-order valence-corrected chi connectivity index (χ3v) is 6.30. The summed E-state index contributed by atoms with van der Waals surface area (Å²) in [4.78, 5) is 20.9. The molecule has 30 heavy (non-hydrogen) atoms. The van der Waals surface area contributed by atoms with Gasteiger partial charge in [0.05, 0.1) is 17.5 Å². The molecule has 0 aliphatic carbocycles. The summed E-state index contributed by atoms with van der Waals surface area (Å²) >= 11 is 0. The second-order valence-electron chi connectivity index (χ2n) is 7.72. The van der Waals surface area contributed by atoms with Crippen LogP contribution in [0.3, 0.4) is 0 Å². The van der Waals surface area contributed by atoms with Gasteiger partial charge in [0.2, 0.25) is 0 Å². The van der Waals surface area contributed by atoms with Gasteiger partial charge < -0.3 is 4.90 Å². The molecule has 1 aromatic carbocycles. The van der Waals surface area contributed by atoms with Gasteiger partial charge in [-0.3, -0.25) is 4.57 Å². The minimum Gasteiger partial charge on any atom is -0.342 e. The molecule has 1 unspecified atom stereocenters. The van der Waals surface area contributed by atoms with Gasteiger partial charge in [-0.15, -0.1) is 10.2 Å². The number of anilines is 1. The van der Waals surface area contributed by atoms with E-state index in [4.69, 9.17) is 9.97 Å². The van der Waals surface area contributed by atoms with Crippen molar-refractivity contribution in [2.24, 2.45) is 0 Å². The molecule has 0 bridgehead atoms. The highest BCUT2D eigenvalue weighted by atomic mass is 15.4. The summed E-state index contributed by atoms with van der Waals surface area (Å²) in [6.07, 6.45) is 10.1. The summed E-state index contributed by atoms with van der Waals surface area (Å²) in [6.45, 7) is 3.16. The van der Waals surface area contributed by atoms with Crippen LogP contribution < -0.4 is 4.90 Å². The van der Waals surface area contributed by atoms with Gasteiger partial charge in [0.15, 0.2) is 17.5 Å². The maximum atomic E-state index is 5.04. The molecule has 8 heteroatoms. The molecule has 0 spiro atoms. The molecule has 0 saturated carbocycles. The van der Waals surface area contributed by atoms with Gasteiger partial charge in [-0.05, 0) is 19.3 Å². The van der Waals surface area contributed by atoms with E-state index in [-0.39, 0.29) is 5.54 Å². The van der Waals surface area contributed by atoms with E-state index in [2.05, 4.69) is 32.0 Å². The van der Waals surface area contributed by atoms with Crippen molar-refractivity contribution in [1.29, 1.82) is 0 Å². The van der Waals surface area contributed by atoms with Crippen LogP contribution in [0, 0.1) is 0 Å². The minimum absolute atomic E-state index is 0.162. The van der Waals surface area contributed by atoms with Gasteiger partial charge in [0, 0.05) is 18.3 Å². The summed E-state index contributed by atoms with van der Waals surface area (Å²) in [5.74, 6) is 2.54. The van der Waals surface area contributed by atoms with Gasteiger partial charge >= 0.3 is 0 Å². The number of hydrogen-bond donors (Lipinski definition) is 0. The average Bonchev–Trinajstić information content (AvgIpc) is 3.47. The third-order valence-electron chi connectivity index (χ3n) is 6.30. The lowest BCUT2D eigenvalue weighted by Crippen LogP contribution is -2.46. The van der Waals surface area contributed by atoms with Crippen LogP contribution in [0.25, 0.3) is 28.3 Å². The van der Waals surface area contributed by atoms with Crippen LogP contribution in [0.15, 0.2) is 55.4 Å². The zero-order valence-corrected chi connectivity index (χ0v) is 16.6. The summed E-state index contributed by atoms with van der Waals surface area (Å²) in [7, 11) is 0. The van der Waals surface area contributed by atoms with E-state index in [9.17, 15) is 0 Å². The molecule has 0 radical (unpaired) electrons. The van der Waals surface area contributed by atoms with Crippen LogP contribution in [0.2, 0.25) is 0 Å². The Hall–Kier alpha value is -3.68. The molecule has 1 atom stereocenters. The Kier molecular flexibility index (Phi) is 3.68. The molecule has 5 heterocycles. The number of rotatable bonds is 3. The Balaban J connectivity index is 1.55. The van der Waals surface area contributed by atoms with Crippen LogP contribution in [0.5, 0.6) is 0 Å². The Bertz CT molecular complexity index is 1230. The SMILES string of the molecule is CCC12CCCN1c1nc(-c3cncnc3-c3ccccc3)ncc1-n1cnnc12. The van der Waals surface area contributed by atoms with Gasteiger partial charge in [0.1, 0.15) is 23.9 Å². The molecule has 1 fully saturated rings. The Morgan fingerprint density at radius 2 is 2.00 bits per heavy atom. The first kappa shape index (κ1) is 17.2. The van der Waals surface area contributed by atoms with E-state index in [0.29, 0.717) is 5.82 Å². The van der Waals surface area contributed by atoms with Crippen molar-refractivity contribution in [3.8, 4) is 28.3 Å². The van der Waals surface area contributed by atoms with Gasteiger partial charge in [0.25, 0.3) is 0 Å². The van der Waals surface area contributed by atoms with E-state index in [0.717, 1.165) is 60.0 Å². The molecule has 3 aromatic heterocycles. The molecular formula is C22H20N8. The van der Waals surface area contributed by atoms with Crippen molar-refractivity contribution in [2.75, 3.05) is 11.4 Å². The van der Waals surface area contributed by atoms with Crippen molar-refractivity contribution in [2.45, 2.75) is 31.7 Å². The first-order valence-corrected chi connectivity index (χ1v) is 10.2. The molecule has 148 valence electrons. The van der Waals surface area contributed by atoms with E-state index >= 15 is 0 Å². The highest BCUT2D eigenvalue weighted by molar-refractivity contribution is 5.78. The Morgan fingerprint density at radius 3 is 2.87 bits per heavy atom. The molecule has 8 nitrogen and oxygen atoms in total. The largest absolute Gasteiger partial charge is 0.342 e. The molecule has 1 saturated heterocycles. The zero-order chi connectivity index (χ0) is 20.1. The van der Waals surface area contributed by atoms with Crippen molar-refractivity contribution < 1.29 is 0 Å². The van der Waals surface area contributed by atoms with E-state index in [1.165, 1.54) is 0 Å². The summed E-state index contributed by atoms with van der Waals surface area (Å²) in [5, 5.41) is 8.67. The van der Waals surface area contributed by atoms with E-state index < -0.39 is 0 Å². The number of fused-ring (bicyclic) bond motifs is 6. The number of nitrogens with zero attached hydrogens (tertiary/aromatic N) is 8. The highest BCUT2D eigenvalue weighted by Gasteiger charge is 2.49. The van der Waals surface area contributed by atoms with Crippen LogP contribution in [0.1, 0.15) is 32.0 Å². The Morgan fingerprint density at radius 1 is 1.10 bits per heavy atom. The van der Waals surface area contributed by atoms with Crippen molar-refractivity contribution in [3.63, 3.8) is 0 Å². The highest BCUT2D eigenvalue weighted by Crippen LogP contribution is 2.48. The lowest BCUT2D eigenvalue weighted by molar-refractivity contribution is 0.382. The number of hydrogen-bond acceptors (Lipinski definition) is 7. The number of aromatic nitrogens is 7. The first-order valence-electron chi connectivity index (χ1n) is 10.2. The average molecular weight is 396 g/mol. The van der Waals surface area contributed by atoms with Crippen LogP contribution >= 0.6 is 0 Å². The van der Waals surface area contributed by atoms with Gasteiger partial charge in [-0.25, -0.2) is 19.9 Å². The molecule has 2 aliphatic heterocycles. The predicted molar refractivity (Wildman–Crippen MR) is 112 cm³/mol. The van der Waals surface area contributed by atoms with E-state index in [1.54, 1.807) is 18.9 Å². The molecule has 4 aromatic rings. The molecular weight excluding hydrogens is 376 g/mol. The van der Waals surface area contributed by atoms with Crippen molar-refractivity contribution in [3.05, 3.63) is 61.2 Å². The van der Waals surface area contributed by atoms with Crippen molar-refractivity contribution in [1.82, 2.24) is 34.7 Å². The van der Waals surface area contributed by atoms with Gasteiger partial charge in [-0.2, -0.15) is 0 Å². The monoisotopic (exact) mass is 396 g/mol. The van der Waals surface area contributed by atoms with Gasteiger partial charge in [-0.1, -0.05) is 37.3 Å². The lowest BCUT2D eigenvalue weighted by Gasteiger charge is -2.42. The fourth-order valence-corrected chi connectivity index (χ4v) is 4.86. The van der Waals surface area contributed by atoms with E-state index in [1.807, 2.05) is 41.1 Å². The summed E-state index contributed by atoms with van der Waals surface area (Å²) in [6, 6.07) is 10.1. The molecule has 0 N–H and O–H groups in total. The zero-order valence-electron chi connectivity index (χ0n) is 16.6. The maximum absolute atomic E-state index is 5.04. The molecule has 2 aliphatic rings. The summed E-state index contributed by atoms with van der Waals surface area (Å²) in [5.41, 5.74) is 3.42. The quantitative estimate of drug-likeness (QED) is 0.525. The molecule has 0 amide bonds. The second-order valence-corrected chi connectivity index (χ2v) is 7.72. The summed E-state index contributed by atoms with van der Waals surface area (Å²) < 4.78 is 2.05. The lowest BCUT2D eigenvalue weighted by atomic mass is 9.90. The van der Waals surface area contributed by atoms with Crippen molar-refractivity contribution >= 4 is 5.82 Å². The van der Waals surface area contributed by atoms with Crippen LogP contribution in [0.4, 0.5) is 5.82 Å². The standard InChI is InChI=1S/C22H20N8/c1-2-22-9-6-10-30(22)20-17(29-14-26-28-21(22)29)12-24-19(27-20)16-11-23-13-25-18(16)15-7-4-3-5-8-15/h3-5,7-8,11-14H,2,6,9-10H2,1H3. The van der Waals surface area contributed by atoms with Crippen LogP contribution in [-0.4, -0.2) is 41.2 Å². The number of benzene rings is 1. The minimum atomic E-state index is -0.162. The smallest absolute Gasteiger partial charge is 0.165 e. The molecule has 6 rings (SSSR count). The Labute approximate surface area is 173 Å². The topological polar surface area (TPSA) is 85.5 Å². The second kappa shape index (κ2) is 6.41. The fraction of sp³-hybridized carbons (Fsp3) is 0.273. The predicted octanol–water partition coefficient (Wildman–Crippen LogP) is 3.40. The third kappa shape index (κ3) is 2.27. The van der Waals surface area contributed by atoms with Crippen LogP contribution in [-0.2, 0) is 5.54 Å².